The van der Waals surface area contributed by atoms with Crippen molar-refractivity contribution in [3.63, 3.8) is 0 Å². The largest absolute Gasteiger partial charge is 0.479 e. The minimum absolute atomic E-state index is 0.00418. The van der Waals surface area contributed by atoms with E-state index < -0.39 is 77.7 Å². The standard InChI is InChI=1S/C42H44FN5O14/c1-3-42(58)23-11-27-32-21(14-48(27)37(53)22(23)16-59-40(42)56)31-25(6-5-20-17(2)24(43)12-26(46-32)30(20)31)47-41(57)60-15-18-4-7-28(19(10-18)13-45-29(49)8-9-44)61-39-35(52)33(50)34(51)36(62-39)38(54)55/h4,7,10-12,25,33-36,39,50-52,58H,3,5-6,8-9,13-16,44H2,1-2H3,(H,45,49)(H,47,57)(H,54,55)/t25-,33-,34-,35+,36-,39+,42-/m0/s1. The van der Waals surface area contributed by atoms with Gasteiger partial charge in [-0.1, -0.05) is 13.0 Å². The van der Waals surface area contributed by atoms with Crippen LogP contribution in [-0.4, -0.2) is 96.3 Å². The predicted octanol–water partition coefficient (Wildman–Crippen LogP) is 0.677. The van der Waals surface area contributed by atoms with Crippen LogP contribution in [0.4, 0.5) is 9.18 Å². The average Bonchev–Trinajstić information content (AvgIpc) is 3.62. The summed E-state index contributed by atoms with van der Waals surface area (Å²) in [6.07, 6.45) is -9.54. The zero-order valence-corrected chi connectivity index (χ0v) is 33.5. The Morgan fingerprint density at radius 1 is 1.08 bits per heavy atom. The molecule has 7 atom stereocenters. The van der Waals surface area contributed by atoms with Gasteiger partial charge in [0.2, 0.25) is 12.2 Å². The number of nitrogens with two attached hydrogens (primary N) is 1. The molecule has 4 aliphatic rings. The number of esters is 1. The van der Waals surface area contributed by atoms with Crippen LogP contribution in [-0.2, 0) is 66.9 Å². The van der Waals surface area contributed by atoms with Gasteiger partial charge in [0.1, 0.15) is 43.1 Å². The van der Waals surface area contributed by atoms with Crippen LogP contribution in [0, 0.1) is 12.7 Å². The van der Waals surface area contributed by atoms with Gasteiger partial charge < -0.3 is 65.4 Å². The van der Waals surface area contributed by atoms with Gasteiger partial charge in [0, 0.05) is 47.7 Å². The van der Waals surface area contributed by atoms with Gasteiger partial charge in [-0.2, -0.15) is 0 Å². The van der Waals surface area contributed by atoms with Crippen molar-refractivity contribution in [1.29, 1.82) is 0 Å². The lowest BCUT2D eigenvalue weighted by molar-refractivity contribution is -0.271. The van der Waals surface area contributed by atoms with Gasteiger partial charge in [0.25, 0.3) is 5.56 Å². The van der Waals surface area contributed by atoms with Crippen molar-refractivity contribution >= 4 is 34.8 Å². The maximum Gasteiger partial charge on any atom is 0.407 e. The summed E-state index contributed by atoms with van der Waals surface area (Å²) in [5.41, 5.74) is 7.24. The maximum absolute atomic E-state index is 15.4. The van der Waals surface area contributed by atoms with Gasteiger partial charge in [-0.05, 0) is 66.6 Å². The zero-order valence-electron chi connectivity index (χ0n) is 33.5. The summed E-state index contributed by atoms with van der Waals surface area (Å²) in [5, 5.41) is 58.0. The van der Waals surface area contributed by atoms with Gasteiger partial charge in [-0.25, -0.2) is 23.8 Å². The van der Waals surface area contributed by atoms with E-state index in [4.69, 9.17) is 29.7 Å². The normalized spacial score (nSPS) is 24.7. The molecule has 8 rings (SSSR count). The quantitative estimate of drug-likeness (QED) is 0.0848. The fraction of sp³-hybridized carbons (Fsp3) is 0.429. The molecule has 2 aromatic carbocycles. The lowest BCUT2D eigenvalue weighted by Gasteiger charge is -2.38. The lowest BCUT2D eigenvalue weighted by Crippen LogP contribution is -2.61. The third kappa shape index (κ3) is 7.21. The first kappa shape index (κ1) is 42.7. The summed E-state index contributed by atoms with van der Waals surface area (Å²) < 4.78 is 38.8. The highest BCUT2D eigenvalue weighted by Crippen LogP contribution is 2.46. The maximum atomic E-state index is 15.4. The van der Waals surface area contributed by atoms with E-state index in [1.54, 1.807) is 19.9 Å². The number of aromatic nitrogens is 2. The van der Waals surface area contributed by atoms with E-state index in [-0.39, 0.29) is 68.1 Å². The molecule has 0 spiro atoms. The molecule has 0 unspecified atom stereocenters. The van der Waals surface area contributed by atoms with Crippen molar-refractivity contribution in [3.05, 3.63) is 91.0 Å². The molecule has 0 radical (unpaired) electrons. The first-order chi connectivity index (χ1) is 29.6. The first-order valence-corrected chi connectivity index (χ1v) is 20.0. The number of hydrogen-bond donors (Lipinski definition) is 8. The monoisotopic (exact) mass is 861 g/mol. The highest BCUT2D eigenvalue weighted by molar-refractivity contribution is 5.93. The molecule has 5 heterocycles. The van der Waals surface area contributed by atoms with Crippen molar-refractivity contribution in [2.75, 3.05) is 6.54 Å². The van der Waals surface area contributed by atoms with E-state index in [0.29, 0.717) is 62.9 Å². The van der Waals surface area contributed by atoms with E-state index in [1.165, 1.54) is 28.8 Å². The van der Waals surface area contributed by atoms with Crippen LogP contribution >= 0.6 is 0 Å². The molecule has 2 aromatic heterocycles. The Bertz CT molecular complexity index is 2600. The number of nitrogens with one attached hydrogen (secondary N) is 2. The topological polar surface area (TPSA) is 291 Å². The Balaban J connectivity index is 1.07. The second-order valence-corrected chi connectivity index (χ2v) is 15.7. The number of carbonyl (C=O) groups is 4. The fourth-order valence-electron chi connectivity index (χ4n) is 8.70. The van der Waals surface area contributed by atoms with E-state index in [0.717, 1.165) is 0 Å². The highest BCUT2D eigenvalue weighted by atomic mass is 19.1. The minimum Gasteiger partial charge on any atom is -0.479 e. The Kier molecular flexibility index (Phi) is 11.2. The van der Waals surface area contributed by atoms with Gasteiger partial charge in [0.15, 0.2) is 11.7 Å². The SMILES string of the molecule is CC[C@@]1(O)C(=O)OCc2c1cc1n(c2=O)Cc2c-1nc1cc(F)c(C)c3c1c2[C@@H](NC(=O)OCc1ccc(O[C@@H]2O[C@H](C(=O)O)[C@@H](O)[C@H](O)[C@H]2O)c(CNC(=O)CCN)c1)CC3. The molecule has 2 amide bonds. The van der Waals surface area contributed by atoms with Crippen LogP contribution < -0.4 is 26.7 Å². The number of aliphatic hydroxyl groups is 4. The first-order valence-electron chi connectivity index (χ1n) is 20.0. The van der Waals surface area contributed by atoms with Gasteiger partial charge in [-0.15, -0.1) is 0 Å². The second kappa shape index (κ2) is 16.3. The number of rotatable bonds is 11. The molecule has 1 fully saturated rings. The Hall–Kier alpha value is -6.03. The summed E-state index contributed by atoms with van der Waals surface area (Å²) in [6, 6.07) is 6.61. The summed E-state index contributed by atoms with van der Waals surface area (Å²) in [7, 11) is 0. The number of halogens is 1. The molecular weight excluding hydrogens is 817 g/mol. The van der Waals surface area contributed by atoms with Gasteiger partial charge in [-0.3, -0.25) is 9.59 Å². The number of ether oxygens (including phenoxy) is 4. The molecule has 0 saturated carbocycles. The number of pyridine rings is 2. The minimum atomic E-state index is -2.06. The zero-order chi connectivity index (χ0) is 44.4. The molecule has 62 heavy (non-hydrogen) atoms. The Morgan fingerprint density at radius 2 is 1.85 bits per heavy atom. The second-order valence-electron chi connectivity index (χ2n) is 15.7. The molecule has 0 bridgehead atoms. The number of amides is 2. The van der Waals surface area contributed by atoms with E-state index >= 15 is 4.39 Å². The number of carbonyl (C=O) groups excluding carboxylic acids is 3. The molecule has 9 N–H and O–H groups in total. The number of carboxylic acid groups (broad SMARTS) is 1. The van der Waals surface area contributed by atoms with Crippen molar-refractivity contribution in [2.45, 2.75) is 108 Å². The molecule has 328 valence electrons. The predicted molar refractivity (Wildman–Crippen MR) is 211 cm³/mol. The van der Waals surface area contributed by atoms with Crippen LogP contribution in [0.3, 0.4) is 0 Å². The van der Waals surface area contributed by atoms with Crippen molar-refractivity contribution in [2.24, 2.45) is 5.73 Å². The molecule has 19 nitrogen and oxygen atoms in total. The van der Waals surface area contributed by atoms with E-state index in [1.807, 2.05) is 0 Å². The van der Waals surface area contributed by atoms with Crippen molar-refractivity contribution in [3.8, 4) is 17.1 Å². The van der Waals surface area contributed by atoms with Crippen LogP contribution in [0.1, 0.15) is 76.7 Å². The number of aliphatic hydroxyl groups excluding tert-OH is 3. The van der Waals surface area contributed by atoms with E-state index in [2.05, 4.69) is 10.6 Å². The lowest BCUT2D eigenvalue weighted by atomic mass is 9.81. The Labute approximate surface area is 351 Å². The highest BCUT2D eigenvalue weighted by Gasteiger charge is 2.49. The summed E-state index contributed by atoms with van der Waals surface area (Å²) in [4.78, 5) is 69.1. The number of alkyl carbamates (subject to hydrolysis) is 1. The number of carboxylic acids is 1. The number of hydrogen-bond acceptors (Lipinski definition) is 15. The number of benzene rings is 2. The molecule has 1 saturated heterocycles. The number of fused-ring (bicyclic) bond motifs is 5. The number of cyclic esters (lactones) is 1. The summed E-state index contributed by atoms with van der Waals surface area (Å²) in [5.74, 6) is -3.34. The average molecular weight is 862 g/mol. The molecule has 1 aliphatic carbocycles. The molecule has 4 aromatic rings. The third-order valence-electron chi connectivity index (χ3n) is 12.1. The summed E-state index contributed by atoms with van der Waals surface area (Å²) in [6.45, 7) is 2.60. The van der Waals surface area contributed by atoms with Crippen LogP contribution in [0.5, 0.6) is 5.75 Å². The van der Waals surface area contributed by atoms with Gasteiger partial charge in [0.05, 0.1) is 35.1 Å². The number of aliphatic carboxylic acids is 1. The molecule has 20 heteroatoms. The van der Waals surface area contributed by atoms with Crippen LogP contribution in [0.25, 0.3) is 22.3 Å². The fourth-order valence-corrected chi connectivity index (χ4v) is 8.70. The van der Waals surface area contributed by atoms with Crippen LogP contribution in [0.2, 0.25) is 0 Å². The Morgan fingerprint density at radius 3 is 2.58 bits per heavy atom. The van der Waals surface area contributed by atoms with E-state index in [9.17, 15) is 49.5 Å². The van der Waals surface area contributed by atoms with Crippen molar-refractivity contribution in [1.82, 2.24) is 20.2 Å². The van der Waals surface area contributed by atoms with Crippen LogP contribution in [0.15, 0.2) is 35.1 Å². The molecular formula is C42H44FN5O14. The smallest absolute Gasteiger partial charge is 0.407 e. The number of nitrogens with zero attached hydrogens (tertiary/aromatic N) is 2. The number of aryl methyl sites for hydroxylation is 1. The van der Waals surface area contributed by atoms with Gasteiger partial charge >= 0.3 is 18.0 Å². The summed E-state index contributed by atoms with van der Waals surface area (Å²) >= 11 is 0. The van der Waals surface area contributed by atoms with Crippen molar-refractivity contribution < 1.29 is 68.0 Å². The molecule has 3 aliphatic heterocycles. The third-order valence-corrected chi connectivity index (χ3v) is 12.1.